The van der Waals surface area contributed by atoms with Crippen molar-refractivity contribution in [2.24, 2.45) is 5.92 Å². The number of thiazole rings is 1. The van der Waals surface area contributed by atoms with Gasteiger partial charge in [-0.25, -0.2) is 9.97 Å². The lowest BCUT2D eigenvalue weighted by Gasteiger charge is -2.22. The maximum Gasteiger partial charge on any atom is 0.275 e. The van der Waals surface area contributed by atoms with E-state index >= 15 is 0 Å². The van der Waals surface area contributed by atoms with Gasteiger partial charge < -0.3 is 20.1 Å². The van der Waals surface area contributed by atoms with Gasteiger partial charge in [-0.2, -0.15) is 5.10 Å². The third-order valence-electron chi connectivity index (χ3n) is 6.39. The fourth-order valence-corrected chi connectivity index (χ4v) is 5.19. The van der Waals surface area contributed by atoms with Gasteiger partial charge in [-0.3, -0.25) is 14.3 Å². The molecule has 0 unspecified atom stereocenters. The van der Waals surface area contributed by atoms with Crippen LogP contribution in [0.5, 0.6) is 5.88 Å². The Morgan fingerprint density at radius 1 is 1.17 bits per heavy atom. The van der Waals surface area contributed by atoms with Crippen LogP contribution in [0.25, 0.3) is 10.6 Å². The van der Waals surface area contributed by atoms with E-state index in [-0.39, 0.29) is 29.5 Å². The second-order valence-corrected chi connectivity index (χ2v) is 9.86. The fourth-order valence-electron chi connectivity index (χ4n) is 4.40. The Bertz CT molecular complexity index is 1200. The van der Waals surface area contributed by atoms with Crippen LogP contribution in [0.15, 0.2) is 29.9 Å². The Morgan fingerprint density at radius 3 is 2.94 bits per heavy atom. The van der Waals surface area contributed by atoms with Crippen molar-refractivity contribution in [1.82, 2.24) is 25.1 Å². The number of carbonyl (C=O) groups excluding carboxylic acids is 2. The molecule has 2 aliphatic rings. The van der Waals surface area contributed by atoms with Crippen molar-refractivity contribution in [2.45, 2.75) is 38.6 Å². The summed E-state index contributed by atoms with van der Waals surface area (Å²) >= 11 is 1.36. The maximum absolute atomic E-state index is 13.1. The number of fused-ring (bicyclic) bond motifs is 6. The Morgan fingerprint density at radius 2 is 2.06 bits per heavy atom. The van der Waals surface area contributed by atoms with E-state index in [9.17, 15) is 9.59 Å². The number of pyridine rings is 1. The lowest BCUT2D eigenvalue weighted by atomic mass is 9.95. The molecule has 2 aliphatic heterocycles. The van der Waals surface area contributed by atoms with Gasteiger partial charge in [-0.15, -0.1) is 11.3 Å². The molecule has 190 valence electrons. The fraction of sp³-hybridized carbons (Fsp3) is 0.480. The number of aromatic nitrogens is 4. The predicted molar refractivity (Wildman–Crippen MR) is 136 cm³/mol. The SMILES string of the molecule is O=C1Nc2cn(CCC3CCNCC3)nc2C(=O)CCCOCCOc2cc(ccn2)-c2nc1cs2. The summed E-state index contributed by atoms with van der Waals surface area (Å²) in [7, 11) is 0. The van der Waals surface area contributed by atoms with Crippen LogP contribution in [0, 0.1) is 5.92 Å². The molecule has 5 rings (SSSR count). The first-order valence-electron chi connectivity index (χ1n) is 12.4. The summed E-state index contributed by atoms with van der Waals surface area (Å²) in [6.45, 7) is 3.96. The highest BCUT2D eigenvalue weighted by molar-refractivity contribution is 7.13. The molecule has 10 nitrogen and oxygen atoms in total. The molecule has 5 heterocycles. The number of carbonyl (C=O) groups is 2. The number of hydrogen-bond acceptors (Lipinski definition) is 9. The Hall–Kier alpha value is -3.15. The van der Waals surface area contributed by atoms with Gasteiger partial charge in [0.15, 0.2) is 11.5 Å². The van der Waals surface area contributed by atoms with Crippen LogP contribution >= 0.6 is 11.3 Å². The highest BCUT2D eigenvalue weighted by Crippen LogP contribution is 2.27. The van der Waals surface area contributed by atoms with Crippen LogP contribution in [-0.4, -0.2) is 64.3 Å². The summed E-state index contributed by atoms with van der Waals surface area (Å²) in [5.41, 5.74) is 1.80. The molecule has 11 heteroatoms. The summed E-state index contributed by atoms with van der Waals surface area (Å²) in [4.78, 5) is 34.8. The van der Waals surface area contributed by atoms with E-state index < -0.39 is 0 Å². The normalized spacial score (nSPS) is 18.0. The molecule has 0 saturated carbocycles. The van der Waals surface area contributed by atoms with E-state index in [2.05, 4.69) is 25.7 Å². The third kappa shape index (κ3) is 6.15. The van der Waals surface area contributed by atoms with Crippen LogP contribution in [0.3, 0.4) is 0 Å². The number of piperidine rings is 1. The van der Waals surface area contributed by atoms with E-state index in [1.54, 1.807) is 28.5 Å². The van der Waals surface area contributed by atoms with E-state index in [4.69, 9.17) is 9.47 Å². The number of ether oxygens (including phenoxy) is 2. The van der Waals surface area contributed by atoms with Gasteiger partial charge in [-0.1, -0.05) is 0 Å². The van der Waals surface area contributed by atoms with Crippen molar-refractivity contribution in [3.05, 3.63) is 41.3 Å². The van der Waals surface area contributed by atoms with Gasteiger partial charge in [0.25, 0.3) is 5.91 Å². The molecule has 3 aromatic heterocycles. The number of hydrogen-bond donors (Lipinski definition) is 2. The summed E-state index contributed by atoms with van der Waals surface area (Å²) < 4.78 is 13.1. The van der Waals surface area contributed by atoms with Gasteiger partial charge in [0.05, 0.1) is 12.3 Å². The first-order chi connectivity index (χ1) is 17.7. The van der Waals surface area contributed by atoms with Crippen molar-refractivity contribution in [1.29, 1.82) is 0 Å². The van der Waals surface area contributed by atoms with Crippen molar-refractivity contribution < 1.29 is 19.1 Å². The number of rotatable bonds is 3. The predicted octanol–water partition coefficient (Wildman–Crippen LogP) is 3.42. The van der Waals surface area contributed by atoms with Crippen LogP contribution in [0.1, 0.15) is 53.1 Å². The molecule has 0 spiro atoms. The van der Waals surface area contributed by atoms with Crippen LogP contribution < -0.4 is 15.4 Å². The van der Waals surface area contributed by atoms with Crippen molar-refractivity contribution in [3.8, 4) is 16.5 Å². The number of aryl methyl sites for hydroxylation is 1. The summed E-state index contributed by atoms with van der Waals surface area (Å²) in [6.07, 6.45) is 7.53. The largest absolute Gasteiger partial charge is 0.475 e. The molecule has 1 saturated heterocycles. The Kier molecular flexibility index (Phi) is 7.99. The number of nitrogens with zero attached hydrogens (tertiary/aromatic N) is 4. The highest BCUT2D eigenvalue weighted by atomic mass is 32.1. The third-order valence-corrected chi connectivity index (χ3v) is 7.28. The van der Waals surface area contributed by atoms with Crippen LogP contribution in [0.4, 0.5) is 5.69 Å². The zero-order valence-electron chi connectivity index (χ0n) is 20.1. The molecule has 1 fully saturated rings. The number of Topliss-reactive ketones (excluding diaryl/α,β-unsaturated/α-hetero) is 1. The molecular weight excluding hydrogens is 480 g/mol. The zero-order chi connectivity index (χ0) is 24.7. The summed E-state index contributed by atoms with van der Waals surface area (Å²) in [5, 5.41) is 13.2. The highest BCUT2D eigenvalue weighted by Gasteiger charge is 2.22. The van der Waals surface area contributed by atoms with Crippen LogP contribution in [0.2, 0.25) is 0 Å². The van der Waals surface area contributed by atoms with Crippen molar-refractivity contribution >= 4 is 28.7 Å². The number of ketones is 1. The van der Waals surface area contributed by atoms with E-state index in [1.807, 2.05) is 6.07 Å². The Balaban J connectivity index is 1.37. The molecule has 36 heavy (non-hydrogen) atoms. The molecule has 0 atom stereocenters. The summed E-state index contributed by atoms with van der Waals surface area (Å²) in [5.74, 6) is 0.609. The number of nitrogens with one attached hydrogen (secondary N) is 2. The molecule has 0 radical (unpaired) electrons. The zero-order valence-corrected chi connectivity index (χ0v) is 20.9. The van der Waals surface area contributed by atoms with Crippen LogP contribution in [-0.2, 0) is 11.3 Å². The van der Waals surface area contributed by atoms with E-state index in [0.29, 0.717) is 55.3 Å². The smallest absolute Gasteiger partial charge is 0.275 e. The lowest BCUT2D eigenvalue weighted by Crippen LogP contribution is -2.28. The lowest BCUT2D eigenvalue weighted by molar-refractivity contribution is 0.0861. The summed E-state index contributed by atoms with van der Waals surface area (Å²) in [6, 6.07) is 3.62. The number of anilines is 1. The molecule has 1 amide bonds. The minimum Gasteiger partial charge on any atom is -0.475 e. The van der Waals surface area contributed by atoms with Gasteiger partial charge in [-0.05, 0) is 50.8 Å². The quantitative estimate of drug-likeness (QED) is 0.550. The average molecular weight is 511 g/mol. The monoisotopic (exact) mass is 510 g/mol. The number of amides is 1. The standard InChI is InChI=1S/C25H30N6O4S/c32-21-2-1-11-34-12-13-35-22-14-18(5-9-27-22)25-29-20(16-36-25)24(33)28-19-15-31(30-23(19)21)10-6-17-3-7-26-8-4-17/h5,9,14-17,26H,1-4,6-8,10-13H2,(H,28,33). The maximum atomic E-state index is 13.1. The second-order valence-electron chi connectivity index (χ2n) is 9.00. The Labute approximate surface area is 213 Å². The minimum absolute atomic E-state index is 0.120. The molecule has 4 bridgehead atoms. The molecule has 0 aromatic carbocycles. The topological polar surface area (TPSA) is 120 Å². The van der Waals surface area contributed by atoms with E-state index in [0.717, 1.165) is 37.9 Å². The molecular formula is C25H30N6O4S. The molecule has 0 aliphatic carbocycles. The molecule has 2 N–H and O–H groups in total. The molecule has 3 aromatic rings. The minimum atomic E-state index is -0.376. The van der Waals surface area contributed by atoms with E-state index in [1.165, 1.54) is 11.3 Å². The van der Waals surface area contributed by atoms with Gasteiger partial charge in [0.2, 0.25) is 5.88 Å². The first kappa shape index (κ1) is 24.5. The van der Waals surface area contributed by atoms with Gasteiger partial charge in [0, 0.05) is 49.0 Å². The van der Waals surface area contributed by atoms with Gasteiger partial charge >= 0.3 is 0 Å². The van der Waals surface area contributed by atoms with Crippen molar-refractivity contribution in [2.75, 3.05) is 38.2 Å². The second kappa shape index (κ2) is 11.7. The van der Waals surface area contributed by atoms with Crippen molar-refractivity contribution in [3.63, 3.8) is 0 Å². The average Bonchev–Trinajstić information content (AvgIpc) is 3.55. The van der Waals surface area contributed by atoms with Gasteiger partial charge in [0.1, 0.15) is 17.3 Å². The first-order valence-corrected chi connectivity index (χ1v) is 13.3.